The Balaban J connectivity index is 2.11. The maximum absolute atomic E-state index is 13.1. The van der Waals surface area contributed by atoms with Crippen LogP contribution in [0.2, 0.25) is 0 Å². The lowest BCUT2D eigenvalue weighted by molar-refractivity contribution is 0.161. The summed E-state index contributed by atoms with van der Waals surface area (Å²) in [4.78, 5) is 5.45. The molecule has 23 heavy (non-hydrogen) atoms. The van der Waals surface area contributed by atoms with Crippen LogP contribution in [0.3, 0.4) is 0 Å². The molecule has 0 amide bonds. The normalized spacial score (nSPS) is 13.4. The number of benzene rings is 1. The second-order valence-corrected chi connectivity index (χ2v) is 5.98. The van der Waals surface area contributed by atoms with Crippen molar-refractivity contribution < 1.29 is 13.5 Å². The molecule has 0 radical (unpaired) electrons. The first-order valence-electron chi connectivity index (χ1n) is 7.22. The van der Waals surface area contributed by atoms with Gasteiger partial charge in [-0.05, 0) is 43.3 Å². The number of thiazole rings is 1. The Bertz CT molecular complexity index is 819. The summed E-state index contributed by atoms with van der Waals surface area (Å²) in [6.07, 6.45) is 1.65. The highest BCUT2D eigenvalue weighted by molar-refractivity contribution is 7.07. The van der Waals surface area contributed by atoms with Crippen LogP contribution < -0.4 is 4.80 Å². The molecule has 1 aromatic carbocycles. The molecule has 1 unspecified atom stereocenters. The first-order valence-corrected chi connectivity index (χ1v) is 8.10. The van der Waals surface area contributed by atoms with Gasteiger partial charge in [-0.25, -0.2) is 9.38 Å². The second kappa shape index (κ2) is 6.93. The van der Waals surface area contributed by atoms with Crippen LogP contribution in [0.15, 0.2) is 57.5 Å². The van der Waals surface area contributed by atoms with Gasteiger partial charge in [-0.2, -0.15) is 0 Å². The molecule has 0 saturated carbocycles. The molecule has 0 N–H and O–H groups in total. The maximum atomic E-state index is 13.1. The number of aromatic nitrogens is 1. The van der Waals surface area contributed by atoms with Crippen LogP contribution in [0, 0.1) is 5.82 Å². The van der Waals surface area contributed by atoms with Crippen LogP contribution in [0.4, 0.5) is 10.1 Å². The van der Waals surface area contributed by atoms with E-state index in [9.17, 15) is 4.39 Å². The number of furan rings is 1. The zero-order chi connectivity index (χ0) is 16.2. The monoisotopic (exact) mass is 332 g/mol. The van der Waals surface area contributed by atoms with E-state index in [1.807, 2.05) is 17.5 Å². The molecule has 4 nitrogen and oxygen atoms in total. The van der Waals surface area contributed by atoms with Gasteiger partial charge in [0.25, 0.3) is 0 Å². The lowest BCUT2D eigenvalue weighted by atomic mass is 10.3. The van der Waals surface area contributed by atoms with Crippen molar-refractivity contribution in [2.45, 2.75) is 13.0 Å². The SMILES string of the molecule is COCC(C)n1c(-c2ccco2)csc1=Nc1ccc(F)cc1. The summed E-state index contributed by atoms with van der Waals surface area (Å²) in [7, 11) is 1.67. The molecule has 0 aliphatic rings. The largest absolute Gasteiger partial charge is 0.463 e. The van der Waals surface area contributed by atoms with Crippen molar-refractivity contribution in [1.82, 2.24) is 4.57 Å². The minimum atomic E-state index is -0.271. The predicted octanol–water partition coefficient (Wildman–Crippen LogP) is 4.39. The molecule has 0 saturated heterocycles. The Labute approximate surface area is 137 Å². The van der Waals surface area contributed by atoms with Crippen LogP contribution in [-0.4, -0.2) is 18.3 Å². The van der Waals surface area contributed by atoms with Crippen molar-refractivity contribution in [3.63, 3.8) is 0 Å². The van der Waals surface area contributed by atoms with E-state index < -0.39 is 0 Å². The summed E-state index contributed by atoms with van der Waals surface area (Å²) >= 11 is 1.51. The third-order valence-corrected chi connectivity index (χ3v) is 4.26. The Morgan fingerprint density at radius 1 is 1.30 bits per heavy atom. The number of methoxy groups -OCH3 is 1. The van der Waals surface area contributed by atoms with Crippen molar-refractivity contribution in [2.24, 2.45) is 4.99 Å². The lowest BCUT2D eigenvalue weighted by Crippen LogP contribution is -2.22. The molecule has 0 spiro atoms. The smallest absolute Gasteiger partial charge is 0.190 e. The van der Waals surface area contributed by atoms with Gasteiger partial charge in [-0.1, -0.05) is 0 Å². The summed E-state index contributed by atoms with van der Waals surface area (Å²) in [6.45, 7) is 2.62. The van der Waals surface area contributed by atoms with Crippen molar-refractivity contribution in [3.8, 4) is 11.5 Å². The summed E-state index contributed by atoms with van der Waals surface area (Å²) in [5, 5.41) is 2.01. The minimum Gasteiger partial charge on any atom is -0.463 e. The van der Waals surface area contributed by atoms with Gasteiger partial charge in [0.2, 0.25) is 0 Å². The van der Waals surface area contributed by atoms with Crippen LogP contribution in [-0.2, 0) is 4.74 Å². The number of hydrogen-bond acceptors (Lipinski definition) is 4. The molecule has 2 heterocycles. The highest BCUT2D eigenvalue weighted by atomic mass is 32.1. The standard InChI is InChI=1S/C17H17FN2O2S/c1-12(10-21-2)20-15(16-4-3-9-22-16)11-23-17(20)19-14-7-5-13(18)6-8-14/h3-9,11-12H,10H2,1-2H3. The van der Waals surface area contributed by atoms with E-state index in [-0.39, 0.29) is 11.9 Å². The minimum absolute atomic E-state index is 0.0885. The average Bonchev–Trinajstić information content (AvgIpc) is 3.19. The number of halogens is 1. The lowest BCUT2D eigenvalue weighted by Gasteiger charge is -2.15. The van der Waals surface area contributed by atoms with Gasteiger partial charge in [-0.3, -0.25) is 0 Å². The van der Waals surface area contributed by atoms with Gasteiger partial charge >= 0.3 is 0 Å². The maximum Gasteiger partial charge on any atom is 0.190 e. The first-order chi connectivity index (χ1) is 11.2. The Kier molecular flexibility index (Phi) is 4.73. The van der Waals surface area contributed by atoms with Gasteiger partial charge in [0.05, 0.1) is 30.3 Å². The van der Waals surface area contributed by atoms with Gasteiger partial charge in [0.1, 0.15) is 5.82 Å². The van der Waals surface area contributed by atoms with Crippen molar-refractivity contribution in [1.29, 1.82) is 0 Å². The van der Waals surface area contributed by atoms with Crippen molar-refractivity contribution >= 4 is 17.0 Å². The van der Waals surface area contributed by atoms with Crippen LogP contribution in [0.5, 0.6) is 0 Å². The Morgan fingerprint density at radius 2 is 2.09 bits per heavy atom. The average molecular weight is 332 g/mol. The van der Waals surface area contributed by atoms with Crippen LogP contribution >= 0.6 is 11.3 Å². The topological polar surface area (TPSA) is 39.7 Å². The first kappa shape index (κ1) is 15.7. The van der Waals surface area contributed by atoms with Crippen LogP contribution in [0.25, 0.3) is 11.5 Å². The molecule has 3 rings (SSSR count). The molecule has 0 aliphatic heterocycles. The second-order valence-electron chi connectivity index (χ2n) is 5.14. The quantitative estimate of drug-likeness (QED) is 0.695. The van der Waals surface area contributed by atoms with E-state index in [1.165, 1.54) is 23.5 Å². The Morgan fingerprint density at radius 3 is 2.74 bits per heavy atom. The molecule has 3 aromatic rings. The highest BCUT2D eigenvalue weighted by Gasteiger charge is 2.15. The third-order valence-electron chi connectivity index (χ3n) is 3.42. The van der Waals surface area contributed by atoms with Crippen LogP contribution in [0.1, 0.15) is 13.0 Å². The van der Waals surface area contributed by atoms with E-state index in [4.69, 9.17) is 9.15 Å². The number of rotatable bonds is 5. The molecule has 120 valence electrons. The van der Waals surface area contributed by atoms with E-state index in [1.54, 1.807) is 25.5 Å². The van der Waals surface area contributed by atoms with E-state index >= 15 is 0 Å². The van der Waals surface area contributed by atoms with Crippen molar-refractivity contribution in [2.75, 3.05) is 13.7 Å². The summed E-state index contributed by atoms with van der Waals surface area (Å²) in [5.41, 5.74) is 1.66. The number of hydrogen-bond donors (Lipinski definition) is 0. The Hall–Kier alpha value is -2.18. The molecule has 0 aliphatic carbocycles. The summed E-state index contributed by atoms with van der Waals surface area (Å²) < 4.78 is 25.9. The summed E-state index contributed by atoms with van der Waals surface area (Å²) in [6, 6.07) is 9.99. The van der Waals surface area contributed by atoms with Gasteiger partial charge in [0, 0.05) is 12.5 Å². The zero-order valence-electron chi connectivity index (χ0n) is 12.9. The van der Waals surface area contributed by atoms with Crippen molar-refractivity contribution in [3.05, 3.63) is 58.7 Å². The molecular weight excluding hydrogens is 315 g/mol. The van der Waals surface area contributed by atoms with E-state index in [2.05, 4.69) is 16.5 Å². The third kappa shape index (κ3) is 3.43. The van der Waals surface area contributed by atoms with Gasteiger partial charge in [-0.15, -0.1) is 11.3 Å². The fourth-order valence-corrected chi connectivity index (χ4v) is 3.37. The molecule has 6 heteroatoms. The molecular formula is C17H17FN2O2S. The summed E-state index contributed by atoms with van der Waals surface area (Å²) in [5.74, 6) is 0.511. The molecule has 1 atom stereocenters. The molecule has 2 aromatic heterocycles. The van der Waals surface area contributed by atoms with E-state index in [0.29, 0.717) is 12.3 Å². The molecule has 0 fully saturated rings. The fourth-order valence-electron chi connectivity index (χ4n) is 2.37. The number of nitrogens with zero attached hydrogens (tertiary/aromatic N) is 2. The highest BCUT2D eigenvalue weighted by Crippen LogP contribution is 2.24. The fraction of sp³-hybridized carbons (Fsp3) is 0.235. The predicted molar refractivity (Wildman–Crippen MR) is 88.2 cm³/mol. The zero-order valence-corrected chi connectivity index (χ0v) is 13.7. The van der Waals surface area contributed by atoms with Gasteiger partial charge < -0.3 is 13.7 Å². The molecule has 0 bridgehead atoms. The van der Waals surface area contributed by atoms with E-state index in [0.717, 1.165) is 16.3 Å². The number of ether oxygens (including phenoxy) is 1. The van der Waals surface area contributed by atoms with Gasteiger partial charge in [0.15, 0.2) is 10.6 Å².